The lowest BCUT2D eigenvalue weighted by molar-refractivity contribution is -0.335. The van der Waals surface area contributed by atoms with E-state index in [-0.39, 0.29) is 30.5 Å². The standard InChI is InChI=1S/C32H44O7/c1-6-27-21(4)12-13-31(39-27)17-25-16-24(38-31)11-10-20(3)14-19(2)8-7-9-23-18-36-29-28(33)22(5)15-26(30(34)37-25)32(23,29)35/h7-10,15,19,21,24-27,29,35H,6,11-14,16-18H2,1-5H3/t19-,21-,24+,25-,26-,27+,29+,31+,32+/m0/s1. The van der Waals surface area contributed by atoms with Crippen LogP contribution in [0.1, 0.15) is 79.6 Å². The third kappa shape index (κ3) is 5.48. The third-order valence-corrected chi connectivity index (χ3v) is 9.31. The maximum absolute atomic E-state index is 13.8. The summed E-state index contributed by atoms with van der Waals surface area (Å²) in [6.45, 7) is 10.4. The van der Waals surface area contributed by atoms with Crippen molar-refractivity contribution in [2.24, 2.45) is 17.8 Å². The zero-order chi connectivity index (χ0) is 27.9. The van der Waals surface area contributed by atoms with E-state index in [0.717, 1.165) is 25.7 Å². The molecule has 0 unspecified atom stereocenters. The molecule has 1 N–H and O–H groups in total. The van der Waals surface area contributed by atoms with Gasteiger partial charge in [0.15, 0.2) is 17.7 Å². The number of aliphatic hydroxyl groups is 1. The van der Waals surface area contributed by atoms with E-state index in [2.05, 4.69) is 39.8 Å². The quantitative estimate of drug-likeness (QED) is 0.364. The van der Waals surface area contributed by atoms with E-state index in [0.29, 0.717) is 36.3 Å². The number of carbonyl (C=O) groups excluding carboxylic acids is 2. The molecule has 7 nitrogen and oxygen atoms in total. The van der Waals surface area contributed by atoms with Crippen LogP contribution in [0.3, 0.4) is 0 Å². The Hall–Kier alpha value is -2.06. The summed E-state index contributed by atoms with van der Waals surface area (Å²) in [7, 11) is 0. The molecule has 2 bridgehead atoms. The van der Waals surface area contributed by atoms with Crippen LogP contribution in [-0.4, -0.2) is 59.3 Å². The zero-order valence-electron chi connectivity index (χ0n) is 24.0. The van der Waals surface area contributed by atoms with Crippen molar-refractivity contribution in [3.05, 3.63) is 47.1 Å². The molecule has 0 radical (unpaired) electrons. The Balaban J connectivity index is 1.51. The highest BCUT2D eigenvalue weighted by atomic mass is 16.7. The first-order chi connectivity index (χ1) is 18.5. The Morgan fingerprint density at radius 3 is 2.69 bits per heavy atom. The predicted molar refractivity (Wildman–Crippen MR) is 147 cm³/mol. The van der Waals surface area contributed by atoms with Crippen LogP contribution in [0.4, 0.5) is 0 Å². The van der Waals surface area contributed by atoms with Gasteiger partial charge in [-0.25, -0.2) is 0 Å². The number of allylic oxidation sites excluding steroid dienone is 4. The second-order valence-corrected chi connectivity index (χ2v) is 12.5. The molecule has 7 heteroatoms. The molecule has 3 fully saturated rings. The molecule has 9 atom stereocenters. The van der Waals surface area contributed by atoms with E-state index in [1.807, 2.05) is 6.08 Å². The van der Waals surface area contributed by atoms with Crippen molar-refractivity contribution >= 4 is 11.8 Å². The van der Waals surface area contributed by atoms with Crippen LogP contribution in [0, 0.1) is 17.8 Å². The lowest BCUT2D eigenvalue weighted by Crippen LogP contribution is -2.57. The summed E-state index contributed by atoms with van der Waals surface area (Å²) < 4.78 is 25.3. The topological polar surface area (TPSA) is 91.3 Å². The number of carbonyl (C=O) groups is 2. The highest BCUT2D eigenvalue weighted by Gasteiger charge is 2.60. The van der Waals surface area contributed by atoms with Gasteiger partial charge in [0.1, 0.15) is 17.6 Å². The number of rotatable bonds is 1. The average Bonchev–Trinajstić information content (AvgIpc) is 3.23. The Bertz CT molecular complexity index is 1100. The Kier molecular flexibility index (Phi) is 8.08. The first kappa shape index (κ1) is 28.5. The summed E-state index contributed by atoms with van der Waals surface area (Å²) in [5, 5.41) is 12.0. The number of hydrogen-bond acceptors (Lipinski definition) is 7. The lowest BCUT2D eigenvalue weighted by atomic mass is 9.71. The first-order valence-corrected chi connectivity index (χ1v) is 14.7. The van der Waals surface area contributed by atoms with Gasteiger partial charge in [0, 0.05) is 19.3 Å². The molecule has 1 spiro atoms. The van der Waals surface area contributed by atoms with E-state index >= 15 is 0 Å². The number of ketones is 1. The second-order valence-electron chi connectivity index (χ2n) is 12.5. The minimum atomic E-state index is -1.78. The molecule has 0 amide bonds. The Morgan fingerprint density at radius 1 is 1.13 bits per heavy atom. The number of Topliss-reactive ketones (excluding diaryl/α,β-unsaturated/α-hetero) is 1. The van der Waals surface area contributed by atoms with Crippen molar-refractivity contribution in [2.75, 3.05) is 6.61 Å². The fourth-order valence-corrected chi connectivity index (χ4v) is 7.07. The summed E-state index contributed by atoms with van der Waals surface area (Å²) in [5.74, 6) is -1.95. The molecule has 5 rings (SSSR count). The summed E-state index contributed by atoms with van der Waals surface area (Å²) >= 11 is 0. The van der Waals surface area contributed by atoms with Crippen LogP contribution in [0.2, 0.25) is 0 Å². The Morgan fingerprint density at radius 2 is 1.92 bits per heavy atom. The maximum Gasteiger partial charge on any atom is 0.316 e. The van der Waals surface area contributed by atoms with E-state index in [1.54, 1.807) is 19.1 Å². The molecule has 0 aromatic rings. The lowest BCUT2D eigenvalue weighted by Gasteiger charge is -2.49. The van der Waals surface area contributed by atoms with Gasteiger partial charge in [-0.3, -0.25) is 9.59 Å². The summed E-state index contributed by atoms with van der Waals surface area (Å²) in [5.41, 5.74) is 0.421. The first-order valence-electron chi connectivity index (χ1n) is 14.7. The molecule has 214 valence electrons. The van der Waals surface area contributed by atoms with Gasteiger partial charge in [0.05, 0.1) is 18.8 Å². The van der Waals surface area contributed by atoms with E-state index < -0.39 is 35.5 Å². The maximum atomic E-state index is 13.8. The molecule has 0 saturated carbocycles. The molecule has 0 aromatic heterocycles. The van der Waals surface area contributed by atoms with E-state index in [4.69, 9.17) is 18.9 Å². The fraction of sp³-hybridized carbons (Fsp3) is 0.688. The summed E-state index contributed by atoms with van der Waals surface area (Å²) in [6.07, 6.45) is 13.2. The number of ether oxygens (including phenoxy) is 4. The molecule has 4 aliphatic heterocycles. The van der Waals surface area contributed by atoms with Crippen molar-refractivity contribution in [3.63, 3.8) is 0 Å². The molecular weight excluding hydrogens is 496 g/mol. The highest BCUT2D eigenvalue weighted by Crippen LogP contribution is 2.46. The van der Waals surface area contributed by atoms with Crippen molar-refractivity contribution < 1.29 is 33.6 Å². The number of esters is 1. The number of hydrogen-bond donors (Lipinski definition) is 1. The minimum Gasteiger partial charge on any atom is -0.462 e. The Labute approximate surface area is 232 Å². The predicted octanol–water partition coefficient (Wildman–Crippen LogP) is 5.13. The van der Waals surface area contributed by atoms with E-state index in [1.165, 1.54) is 5.57 Å². The van der Waals surface area contributed by atoms with Crippen LogP contribution in [0.25, 0.3) is 0 Å². The molecular formula is C32H44O7. The van der Waals surface area contributed by atoms with Gasteiger partial charge in [0.25, 0.3) is 0 Å². The van der Waals surface area contributed by atoms with Crippen LogP contribution in [-0.2, 0) is 28.5 Å². The van der Waals surface area contributed by atoms with Gasteiger partial charge < -0.3 is 24.1 Å². The highest BCUT2D eigenvalue weighted by molar-refractivity contribution is 6.03. The van der Waals surface area contributed by atoms with Gasteiger partial charge in [-0.05, 0) is 62.5 Å². The van der Waals surface area contributed by atoms with Crippen LogP contribution in [0.5, 0.6) is 0 Å². The number of fused-ring (bicyclic) bond motifs is 2. The zero-order valence-corrected chi connectivity index (χ0v) is 24.0. The molecule has 39 heavy (non-hydrogen) atoms. The summed E-state index contributed by atoms with van der Waals surface area (Å²) in [6, 6.07) is 0. The molecule has 4 heterocycles. The van der Waals surface area contributed by atoms with Crippen LogP contribution >= 0.6 is 0 Å². The average molecular weight is 541 g/mol. The van der Waals surface area contributed by atoms with Crippen molar-refractivity contribution in [1.82, 2.24) is 0 Å². The normalized spacial score (nSPS) is 43.3. The smallest absolute Gasteiger partial charge is 0.316 e. The SMILES string of the molecule is CC[C@H]1O[C@]2(CC[C@@H]1C)C[C@@H]1C[C@@H](CC=C(C)C[C@@H](C)C=CC=C3CO[C@@H]4C(=O)C(C)=C[C@@H](C(=O)O1)[C@]34O)O2. The van der Waals surface area contributed by atoms with Gasteiger partial charge in [-0.15, -0.1) is 0 Å². The van der Waals surface area contributed by atoms with Gasteiger partial charge in [-0.2, -0.15) is 0 Å². The fourth-order valence-electron chi connectivity index (χ4n) is 7.07. The second kappa shape index (κ2) is 11.1. The van der Waals surface area contributed by atoms with Crippen molar-refractivity contribution in [2.45, 2.75) is 115 Å². The molecule has 1 aliphatic carbocycles. The van der Waals surface area contributed by atoms with E-state index in [9.17, 15) is 14.7 Å². The van der Waals surface area contributed by atoms with Gasteiger partial charge >= 0.3 is 5.97 Å². The molecule has 0 aromatic carbocycles. The molecule has 3 saturated heterocycles. The monoisotopic (exact) mass is 540 g/mol. The van der Waals surface area contributed by atoms with Crippen molar-refractivity contribution in [1.29, 1.82) is 0 Å². The summed E-state index contributed by atoms with van der Waals surface area (Å²) in [4.78, 5) is 26.8. The minimum absolute atomic E-state index is 0.0857. The van der Waals surface area contributed by atoms with Gasteiger partial charge in [0.2, 0.25) is 0 Å². The third-order valence-electron chi connectivity index (χ3n) is 9.31. The molecule has 5 aliphatic rings. The van der Waals surface area contributed by atoms with Crippen LogP contribution in [0.15, 0.2) is 47.1 Å². The van der Waals surface area contributed by atoms with Crippen molar-refractivity contribution in [3.8, 4) is 0 Å². The largest absolute Gasteiger partial charge is 0.462 e. The van der Waals surface area contributed by atoms with Gasteiger partial charge in [-0.1, -0.05) is 56.7 Å². The van der Waals surface area contributed by atoms with Crippen LogP contribution < -0.4 is 0 Å².